The number of anilines is 5. The Labute approximate surface area is 205 Å². The van der Waals surface area contributed by atoms with Crippen LogP contribution in [0.3, 0.4) is 0 Å². The summed E-state index contributed by atoms with van der Waals surface area (Å²) in [6, 6.07) is 17.2. The predicted octanol–water partition coefficient (Wildman–Crippen LogP) is 6.48. The van der Waals surface area contributed by atoms with Gasteiger partial charge in [0.15, 0.2) is 11.6 Å². The molecule has 0 unspecified atom stereocenters. The second-order valence-electron chi connectivity index (χ2n) is 8.26. The van der Waals surface area contributed by atoms with Crippen LogP contribution in [0.2, 0.25) is 0 Å². The molecule has 5 N–H and O–H groups in total. The minimum Gasteiger partial charge on any atom is -0.362 e. The van der Waals surface area contributed by atoms with Crippen LogP contribution in [0.1, 0.15) is 16.8 Å². The number of benzene rings is 3. The number of urea groups is 1. The van der Waals surface area contributed by atoms with E-state index in [1.54, 1.807) is 24.4 Å². The number of hydrogen-bond donors (Lipinski definition) is 5. The van der Waals surface area contributed by atoms with Crippen molar-refractivity contribution in [2.75, 3.05) is 21.3 Å². The summed E-state index contributed by atoms with van der Waals surface area (Å²) >= 11 is 0. The average Bonchev–Trinajstić information content (AvgIpc) is 3.46. The number of aromatic amines is 1. The Morgan fingerprint density at radius 1 is 0.889 bits per heavy atom. The van der Waals surface area contributed by atoms with E-state index in [-0.39, 0.29) is 11.6 Å². The van der Waals surface area contributed by atoms with Gasteiger partial charge in [0.1, 0.15) is 0 Å². The fourth-order valence-electron chi connectivity index (χ4n) is 3.86. The monoisotopic (exact) mass is 485 g/mol. The molecule has 5 rings (SSSR count). The highest BCUT2D eigenvalue weighted by Gasteiger charge is 2.24. The number of carbonyl (C=O) groups is 2. The average molecular weight is 485 g/mol. The van der Waals surface area contributed by atoms with Gasteiger partial charge in [-0.15, -0.1) is 0 Å². The first-order valence-electron chi connectivity index (χ1n) is 11.1. The Morgan fingerprint density at radius 3 is 2.39 bits per heavy atom. The Morgan fingerprint density at radius 2 is 1.64 bits per heavy atom. The van der Waals surface area contributed by atoms with Gasteiger partial charge in [0.05, 0.1) is 11.3 Å². The third-order valence-electron chi connectivity index (χ3n) is 5.68. The molecule has 0 radical (unpaired) electrons. The molecule has 3 aromatic carbocycles. The molecule has 180 valence electrons. The number of amides is 3. The van der Waals surface area contributed by atoms with Gasteiger partial charge >= 0.3 is 6.03 Å². The molecular weight excluding hydrogens is 464 g/mol. The number of H-pyrrole nitrogens is 1. The number of halogens is 2. The number of carbonyl (C=O) groups excluding carboxylic acids is 2. The van der Waals surface area contributed by atoms with Crippen LogP contribution < -0.4 is 21.3 Å². The second-order valence-corrected chi connectivity index (χ2v) is 8.26. The van der Waals surface area contributed by atoms with E-state index in [9.17, 15) is 18.4 Å². The SMILES string of the molecule is Cc1ccc(NC(=O)Nc2ccc(F)c(F)c2)cc1Nc1ccc2c(c1)NC(=O)/C2=C\c1ccc[nH]1. The van der Waals surface area contributed by atoms with Crippen LogP contribution in [-0.2, 0) is 4.79 Å². The fraction of sp³-hybridized carbons (Fsp3) is 0.0370. The minimum absolute atomic E-state index is 0.127. The normalized spacial score (nSPS) is 13.3. The van der Waals surface area contributed by atoms with E-state index in [4.69, 9.17) is 0 Å². The van der Waals surface area contributed by atoms with Gasteiger partial charge in [-0.3, -0.25) is 4.79 Å². The van der Waals surface area contributed by atoms with E-state index >= 15 is 0 Å². The van der Waals surface area contributed by atoms with E-state index in [0.717, 1.165) is 40.3 Å². The number of aryl methyl sites for hydroxylation is 1. The number of aromatic nitrogens is 1. The lowest BCUT2D eigenvalue weighted by Crippen LogP contribution is -2.19. The first-order valence-corrected chi connectivity index (χ1v) is 11.1. The van der Waals surface area contributed by atoms with Crippen LogP contribution in [-0.4, -0.2) is 16.9 Å². The molecule has 0 saturated heterocycles. The van der Waals surface area contributed by atoms with Crippen LogP contribution in [0.5, 0.6) is 0 Å². The molecule has 1 aromatic heterocycles. The first-order chi connectivity index (χ1) is 17.4. The molecule has 0 saturated carbocycles. The minimum atomic E-state index is -1.05. The molecule has 1 aliphatic heterocycles. The predicted molar refractivity (Wildman–Crippen MR) is 137 cm³/mol. The van der Waals surface area contributed by atoms with Gasteiger partial charge in [0.25, 0.3) is 5.91 Å². The van der Waals surface area contributed by atoms with Crippen molar-refractivity contribution in [3.05, 3.63) is 101 Å². The quantitative estimate of drug-likeness (QED) is 0.209. The largest absolute Gasteiger partial charge is 0.362 e. The van der Waals surface area contributed by atoms with E-state index < -0.39 is 17.7 Å². The van der Waals surface area contributed by atoms with Crippen molar-refractivity contribution in [2.24, 2.45) is 0 Å². The Bertz CT molecular complexity index is 1510. The number of fused-ring (bicyclic) bond motifs is 1. The van der Waals surface area contributed by atoms with Gasteiger partial charge in [0.2, 0.25) is 0 Å². The highest BCUT2D eigenvalue weighted by atomic mass is 19.2. The van der Waals surface area contributed by atoms with Crippen molar-refractivity contribution in [1.82, 2.24) is 4.98 Å². The van der Waals surface area contributed by atoms with E-state index in [0.29, 0.717) is 16.9 Å². The molecule has 4 aromatic rings. The van der Waals surface area contributed by atoms with Crippen molar-refractivity contribution in [1.29, 1.82) is 0 Å². The van der Waals surface area contributed by atoms with Crippen LogP contribution >= 0.6 is 0 Å². The summed E-state index contributed by atoms with van der Waals surface area (Å²) in [6.45, 7) is 1.92. The summed E-state index contributed by atoms with van der Waals surface area (Å²) in [5.74, 6) is -2.22. The van der Waals surface area contributed by atoms with Crippen molar-refractivity contribution in [3.8, 4) is 0 Å². The number of nitrogens with one attached hydrogen (secondary N) is 5. The zero-order chi connectivity index (χ0) is 25.2. The Kier molecular flexibility index (Phi) is 5.95. The van der Waals surface area contributed by atoms with E-state index in [2.05, 4.69) is 26.3 Å². The lowest BCUT2D eigenvalue weighted by atomic mass is 10.1. The standard InChI is InChI=1S/C27H21F2N5O2/c1-15-4-5-19(33-27(36)32-17-7-9-22(28)23(29)12-17)13-24(15)31-18-6-8-20-21(11-16-3-2-10-30-16)26(35)34-25(20)14-18/h2-14,30-31H,1H3,(H,34,35)(H2,32,33,36)/b21-11-. The highest BCUT2D eigenvalue weighted by Crippen LogP contribution is 2.36. The molecule has 36 heavy (non-hydrogen) atoms. The van der Waals surface area contributed by atoms with Crippen molar-refractivity contribution in [2.45, 2.75) is 6.92 Å². The molecule has 7 nitrogen and oxygen atoms in total. The maximum absolute atomic E-state index is 13.4. The third kappa shape index (κ3) is 4.80. The van der Waals surface area contributed by atoms with Gasteiger partial charge in [-0.05, 0) is 67.1 Å². The lowest BCUT2D eigenvalue weighted by Gasteiger charge is -2.14. The first kappa shape index (κ1) is 22.9. The van der Waals surface area contributed by atoms with Crippen molar-refractivity contribution < 1.29 is 18.4 Å². The zero-order valence-corrected chi connectivity index (χ0v) is 19.1. The van der Waals surface area contributed by atoms with Crippen LogP contribution in [0.25, 0.3) is 11.6 Å². The molecule has 0 atom stereocenters. The van der Waals surface area contributed by atoms with E-state index in [1.807, 2.05) is 43.3 Å². The van der Waals surface area contributed by atoms with E-state index in [1.165, 1.54) is 6.07 Å². The summed E-state index contributed by atoms with van der Waals surface area (Å²) in [5, 5.41) is 11.4. The highest BCUT2D eigenvalue weighted by molar-refractivity contribution is 6.35. The smallest absolute Gasteiger partial charge is 0.323 e. The lowest BCUT2D eigenvalue weighted by molar-refractivity contribution is -0.110. The van der Waals surface area contributed by atoms with Gasteiger partial charge < -0.3 is 26.3 Å². The van der Waals surface area contributed by atoms with Gasteiger partial charge in [-0.25, -0.2) is 13.6 Å². The van der Waals surface area contributed by atoms with Gasteiger partial charge in [0, 0.05) is 46.3 Å². The Hall–Kier alpha value is -4.92. The van der Waals surface area contributed by atoms with Gasteiger partial charge in [-0.1, -0.05) is 12.1 Å². The zero-order valence-electron chi connectivity index (χ0n) is 19.1. The maximum Gasteiger partial charge on any atom is 0.323 e. The molecule has 0 spiro atoms. The maximum atomic E-state index is 13.4. The number of rotatable bonds is 5. The van der Waals surface area contributed by atoms with Crippen LogP contribution in [0.15, 0.2) is 72.9 Å². The second kappa shape index (κ2) is 9.38. The molecular formula is C27H21F2N5O2. The molecule has 9 heteroatoms. The summed E-state index contributed by atoms with van der Waals surface area (Å²) in [6.07, 6.45) is 3.60. The molecule has 1 aliphatic rings. The molecule has 0 fully saturated rings. The topological polar surface area (TPSA) is 98.0 Å². The fourth-order valence-corrected chi connectivity index (χ4v) is 3.86. The molecule has 0 aliphatic carbocycles. The summed E-state index contributed by atoms with van der Waals surface area (Å²) in [5.41, 5.74) is 5.96. The molecule has 2 heterocycles. The third-order valence-corrected chi connectivity index (χ3v) is 5.68. The molecule has 0 bridgehead atoms. The van der Waals surface area contributed by atoms with Crippen LogP contribution in [0, 0.1) is 18.6 Å². The van der Waals surface area contributed by atoms with Crippen molar-refractivity contribution >= 4 is 52.0 Å². The van der Waals surface area contributed by atoms with Crippen molar-refractivity contribution in [3.63, 3.8) is 0 Å². The summed E-state index contributed by atoms with van der Waals surface area (Å²) in [7, 11) is 0. The Balaban J connectivity index is 1.31. The van der Waals surface area contributed by atoms with Crippen LogP contribution in [0.4, 0.5) is 42.0 Å². The van der Waals surface area contributed by atoms with Gasteiger partial charge in [-0.2, -0.15) is 0 Å². The number of hydrogen-bond acceptors (Lipinski definition) is 3. The molecule has 3 amide bonds. The summed E-state index contributed by atoms with van der Waals surface area (Å²) in [4.78, 5) is 27.9. The summed E-state index contributed by atoms with van der Waals surface area (Å²) < 4.78 is 26.5.